The predicted molar refractivity (Wildman–Crippen MR) is 126 cm³/mol. The first kappa shape index (κ1) is 21.6. The van der Waals surface area contributed by atoms with Gasteiger partial charge in [0.1, 0.15) is 5.82 Å². The molecule has 1 saturated heterocycles. The third-order valence-electron chi connectivity index (χ3n) is 5.32. The minimum atomic E-state index is 0.0166. The summed E-state index contributed by atoms with van der Waals surface area (Å²) in [6.45, 7) is 4.05. The third kappa shape index (κ3) is 5.55. The maximum absolute atomic E-state index is 12.4. The maximum Gasteiger partial charge on any atom is 0.260 e. The van der Waals surface area contributed by atoms with Crippen LogP contribution in [-0.2, 0) is 4.79 Å². The van der Waals surface area contributed by atoms with Crippen LogP contribution in [0.1, 0.15) is 31.7 Å². The summed E-state index contributed by atoms with van der Waals surface area (Å²) < 4.78 is 11.5. The number of aromatic nitrogens is 1. The monoisotopic (exact) mass is 432 g/mol. The molecule has 0 spiro atoms. The van der Waals surface area contributed by atoms with Gasteiger partial charge in [0, 0.05) is 18.5 Å². The number of amides is 1. The summed E-state index contributed by atoms with van der Waals surface area (Å²) in [5.41, 5.74) is 4.72. The zero-order valence-corrected chi connectivity index (χ0v) is 18.3. The van der Waals surface area contributed by atoms with E-state index in [9.17, 15) is 4.79 Å². The normalized spacial score (nSPS) is 14.0. The number of para-hydroxylation sites is 1. The van der Waals surface area contributed by atoms with Gasteiger partial charge in [-0.2, -0.15) is 5.10 Å². The van der Waals surface area contributed by atoms with E-state index < -0.39 is 0 Å². The summed E-state index contributed by atoms with van der Waals surface area (Å²) >= 11 is 0. The van der Waals surface area contributed by atoms with E-state index in [-0.39, 0.29) is 12.5 Å². The van der Waals surface area contributed by atoms with Crippen molar-refractivity contribution in [2.75, 3.05) is 31.7 Å². The van der Waals surface area contributed by atoms with Crippen molar-refractivity contribution in [1.82, 2.24) is 9.88 Å². The first-order chi connectivity index (χ1) is 15.7. The fourth-order valence-electron chi connectivity index (χ4n) is 3.67. The van der Waals surface area contributed by atoms with Gasteiger partial charge in [-0.05, 0) is 68.1 Å². The van der Waals surface area contributed by atoms with E-state index >= 15 is 0 Å². The molecule has 0 atom stereocenters. The second-order valence-electron chi connectivity index (χ2n) is 7.63. The fraction of sp³-hybridized carbons (Fsp3) is 0.320. The molecule has 4 rings (SSSR count). The van der Waals surface area contributed by atoms with Gasteiger partial charge in [0.2, 0.25) is 0 Å². The Labute approximate surface area is 188 Å². The van der Waals surface area contributed by atoms with Gasteiger partial charge in [-0.15, -0.1) is 0 Å². The first-order valence-corrected chi connectivity index (χ1v) is 11.1. The lowest BCUT2D eigenvalue weighted by atomic mass is 10.1. The van der Waals surface area contributed by atoms with Crippen molar-refractivity contribution >= 4 is 28.8 Å². The molecule has 1 aromatic heterocycles. The molecule has 0 aliphatic carbocycles. The van der Waals surface area contributed by atoms with Crippen molar-refractivity contribution in [2.24, 2.45) is 5.10 Å². The van der Waals surface area contributed by atoms with Gasteiger partial charge >= 0.3 is 0 Å². The Balaban J connectivity index is 1.39. The number of piperidine rings is 1. The van der Waals surface area contributed by atoms with Crippen molar-refractivity contribution in [1.29, 1.82) is 0 Å². The van der Waals surface area contributed by atoms with E-state index in [1.165, 1.54) is 6.42 Å². The standard InChI is InChI=1S/C25H28N4O3/c1-2-31-23-16-19(10-12-22(23)32-18-25(30)29-14-6-3-7-15-29)17-26-28-24-13-11-20-8-4-5-9-21(20)27-24/h4-5,8-13,16-17H,2-3,6-7,14-15,18H2,1H3,(H,27,28). The minimum absolute atomic E-state index is 0.0166. The summed E-state index contributed by atoms with van der Waals surface area (Å²) in [7, 11) is 0. The van der Waals surface area contributed by atoms with Crippen LogP contribution in [0, 0.1) is 0 Å². The lowest BCUT2D eigenvalue weighted by molar-refractivity contribution is -0.134. The number of fused-ring (bicyclic) bond motifs is 1. The zero-order chi connectivity index (χ0) is 22.2. The molecule has 1 amide bonds. The van der Waals surface area contributed by atoms with Crippen LogP contribution in [0.5, 0.6) is 11.5 Å². The van der Waals surface area contributed by atoms with Crippen LogP contribution in [0.25, 0.3) is 10.9 Å². The molecule has 2 heterocycles. The smallest absolute Gasteiger partial charge is 0.260 e. The van der Waals surface area contributed by atoms with Crippen molar-refractivity contribution in [3.05, 3.63) is 60.2 Å². The Bertz CT molecular complexity index is 1090. The molecule has 0 saturated carbocycles. The lowest BCUT2D eigenvalue weighted by Crippen LogP contribution is -2.38. The number of rotatable bonds is 8. The molecule has 1 N–H and O–H groups in total. The Morgan fingerprint density at radius 3 is 2.75 bits per heavy atom. The molecule has 3 aromatic rings. The Kier molecular flexibility index (Phi) is 7.17. The summed E-state index contributed by atoms with van der Waals surface area (Å²) in [6.07, 6.45) is 5.01. The van der Waals surface area contributed by atoms with Crippen molar-refractivity contribution in [3.63, 3.8) is 0 Å². The highest BCUT2D eigenvalue weighted by atomic mass is 16.5. The number of nitrogens with one attached hydrogen (secondary N) is 1. The molecular weight excluding hydrogens is 404 g/mol. The number of nitrogens with zero attached hydrogens (tertiary/aromatic N) is 3. The SMILES string of the molecule is CCOc1cc(C=NNc2ccc3ccccc3n2)ccc1OCC(=O)N1CCCCC1. The van der Waals surface area contributed by atoms with Gasteiger partial charge in [0.15, 0.2) is 18.1 Å². The van der Waals surface area contributed by atoms with E-state index in [1.54, 1.807) is 6.21 Å². The molecular formula is C25H28N4O3. The van der Waals surface area contributed by atoms with Crippen molar-refractivity contribution in [3.8, 4) is 11.5 Å². The van der Waals surface area contributed by atoms with Crippen LogP contribution < -0.4 is 14.9 Å². The van der Waals surface area contributed by atoms with Gasteiger partial charge in [0.25, 0.3) is 5.91 Å². The van der Waals surface area contributed by atoms with E-state index in [2.05, 4.69) is 15.5 Å². The number of benzene rings is 2. The van der Waals surface area contributed by atoms with E-state index in [0.29, 0.717) is 23.9 Å². The number of carbonyl (C=O) groups excluding carboxylic acids is 1. The van der Waals surface area contributed by atoms with Gasteiger partial charge < -0.3 is 14.4 Å². The Morgan fingerprint density at radius 1 is 1.06 bits per heavy atom. The van der Waals surface area contributed by atoms with E-state index in [0.717, 1.165) is 42.4 Å². The van der Waals surface area contributed by atoms with E-state index in [4.69, 9.17) is 9.47 Å². The van der Waals surface area contributed by atoms with Crippen molar-refractivity contribution in [2.45, 2.75) is 26.2 Å². The fourth-order valence-corrected chi connectivity index (χ4v) is 3.67. The molecule has 32 heavy (non-hydrogen) atoms. The summed E-state index contributed by atoms with van der Waals surface area (Å²) in [5.74, 6) is 1.83. The van der Waals surface area contributed by atoms with Crippen LogP contribution in [0.15, 0.2) is 59.7 Å². The highest BCUT2D eigenvalue weighted by molar-refractivity contribution is 5.83. The number of hydrazone groups is 1. The molecule has 1 aliphatic rings. The van der Waals surface area contributed by atoms with Crippen LogP contribution in [0.2, 0.25) is 0 Å². The average molecular weight is 433 g/mol. The predicted octanol–water partition coefficient (Wildman–Crippen LogP) is 4.47. The van der Waals surface area contributed by atoms with Gasteiger partial charge in [-0.3, -0.25) is 10.2 Å². The molecule has 2 aromatic carbocycles. The molecule has 166 valence electrons. The highest BCUT2D eigenvalue weighted by Crippen LogP contribution is 2.28. The molecule has 0 radical (unpaired) electrons. The van der Waals surface area contributed by atoms with E-state index in [1.807, 2.05) is 66.4 Å². The summed E-state index contributed by atoms with van der Waals surface area (Å²) in [4.78, 5) is 18.8. The largest absolute Gasteiger partial charge is 0.490 e. The molecule has 1 aliphatic heterocycles. The number of hydrogen-bond acceptors (Lipinski definition) is 6. The van der Waals surface area contributed by atoms with Crippen LogP contribution in [-0.4, -0.2) is 48.3 Å². The van der Waals surface area contributed by atoms with Crippen LogP contribution >= 0.6 is 0 Å². The van der Waals surface area contributed by atoms with Crippen LogP contribution in [0.4, 0.5) is 5.82 Å². The Hall–Kier alpha value is -3.61. The number of hydrogen-bond donors (Lipinski definition) is 1. The highest BCUT2D eigenvalue weighted by Gasteiger charge is 2.17. The topological polar surface area (TPSA) is 76.0 Å². The quantitative estimate of drug-likeness (QED) is 0.420. The van der Waals surface area contributed by atoms with Crippen molar-refractivity contribution < 1.29 is 14.3 Å². The third-order valence-corrected chi connectivity index (χ3v) is 5.32. The maximum atomic E-state index is 12.4. The second kappa shape index (κ2) is 10.6. The number of ether oxygens (including phenoxy) is 2. The Morgan fingerprint density at radius 2 is 1.91 bits per heavy atom. The van der Waals surface area contributed by atoms with Gasteiger partial charge in [0.05, 0.1) is 18.3 Å². The summed E-state index contributed by atoms with van der Waals surface area (Å²) in [5, 5.41) is 5.37. The molecule has 0 unspecified atom stereocenters. The number of carbonyl (C=O) groups is 1. The van der Waals surface area contributed by atoms with Gasteiger partial charge in [-0.25, -0.2) is 4.98 Å². The van der Waals surface area contributed by atoms with Crippen LogP contribution in [0.3, 0.4) is 0 Å². The lowest BCUT2D eigenvalue weighted by Gasteiger charge is -2.26. The molecule has 7 heteroatoms. The van der Waals surface area contributed by atoms with Gasteiger partial charge in [-0.1, -0.05) is 18.2 Å². The minimum Gasteiger partial charge on any atom is -0.490 e. The molecule has 0 bridgehead atoms. The first-order valence-electron chi connectivity index (χ1n) is 11.1. The number of pyridine rings is 1. The number of likely N-dealkylation sites (tertiary alicyclic amines) is 1. The zero-order valence-electron chi connectivity index (χ0n) is 18.3. The second-order valence-corrected chi connectivity index (χ2v) is 7.63. The summed E-state index contributed by atoms with van der Waals surface area (Å²) in [6, 6.07) is 17.4. The average Bonchev–Trinajstić information content (AvgIpc) is 2.84. The molecule has 1 fully saturated rings. The molecule has 7 nitrogen and oxygen atoms in total. The number of anilines is 1.